The SMILES string of the molecule is CC(C)NC1CN(C(=O)c2cc3cc(NC(=O)N4CCNCC4)ccc3[nH]2)CCN1c1ccccn1. The van der Waals surface area contributed by atoms with E-state index in [1.54, 1.807) is 11.1 Å². The molecule has 3 amide bonds. The lowest BCUT2D eigenvalue weighted by molar-refractivity contribution is 0.0702. The summed E-state index contributed by atoms with van der Waals surface area (Å²) in [6.07, 6.45) is 1.76. The largest absolute Gasteiger partial charge is 0.351 e. The van der Waals surface area contributed by atoms with Crippen LogP contribution in [0.2, 0.25) is 0 Å². The van der Waals surface area contributed by atoms with Crippen molar-refractivity contribution in [2.45, 2.75) is 26.1 Å². The van der Waals surface area contributed by atoms with Gasteiger partial charge in [-0.25, -0.2) is 9.78 Å². The summed E-state index contributed by atoms with van der Waals surface area (Å²) in [7, 11) is 0. The van der Waals surface area contributed by atoms with Crippen LogP contribution in [-0.2, 0) is 0 Å². The Morgan fingerprint density at radius 2 is 1.86 bits per heavy atom. The van der Waals surface area contributed by atoms with Crippen LogP contribution in [0.25, 0.3) is 10.9 Å². The van der Waals surface area contributed by atoms with Gasteiger partial charge in [-0.05, 0) is 50.2 Å². The van der Waals surface area contributed by atoms with Gasteiger partial charge in [0, 0.05) is 68.1 Å². The Morgan fingerprint density at radius 1 is 1.03 bits per heavy atom. The molecule has 1 atom stereocenters. The van der Waals surface area contributed by atoms with Crippen molar-refractivity contribution in [2.75, 3.05) is 56.0 Å². The van der Waals surface area contributed by atoms with Gasteiger partial charge >= 0.3 is 6.03 Å². The molecule has 1 aromatic carbocycles. The molecule has 0 radical (unpaired) electrons. The van der Waals surface area contributed by atoms with E-state index in [2.05, 4.69) is 44.7 Å². The van der Waals surface area contributed by atoms with Gasteiger partial charge < -0.3 is 30.3 Å². The van der Waals surface area contributed by atoms with Gasteiger partial charge in [-0.15, -0.1) is 0 Å². The van der Waals surface area contributed by atoms with Gasteiger partial charge in [0.2, 0.25) is 0 Å². The highest BCUT2D eigenvalue weighted by atomic mass is 16.2. The van der Waals surface area contributed by atoms with E-state index < -0.39 is 0 Å². The number of piperazine rings is 2. The number of aromatic nitrogens is 2. The van der Waals surface area contributed by atoms with E-state index in [4.69, 9.17) is 0 Å². The minimum absolute atomic E-state index is 0.0335. The average Bonchev–Trinajstić information content (AvgIpc) is 3.32. The zero-order valence-electron chi connectivity index (χ0n) is 20.8. The van der Waals surface area contributed by atoms with E-state index in [0.717, 1.165) is 29.8 Å². The van der Waals surface area contributed by atoms with E-state index in [-0.39, 0.29) is 24.1 Å². The summed E-state index contributed by atoms with van der Waals surface area (Å²) in [6.45, 7) is 9.05. The predicted octanol–water partition coefficient (Wildman–Crippen LogP) is 2.29. The fourth-order valence-corrected chi connectivity index (χ4v) is 4.86. The first-order valence-electron chi connectivity index (χ1n) is 12.6. The minimum Gasteiger partial charge on any atom is -0.351 e. The smallest absolute Gasteiger partial charge is 0.321 e. The van der Waals surface area contributed by atoms with Crippen molar-refractivity contribution in [3.05, 3.63) is 54.4 Å². The van der Waals surface area contributed by atoms with Gasteiger partial charge in [0.25, 0.3) is 5.91 Å². The summed E-state index contributed by atoms with van der Waals surface area (Å²) in [4.78, 5) is 39.7. The summed E-state index contributed by atoms with van der Waals surface area (Å²) in [6, 6.07) is 13.6. The maximum Gasteiger partial charge on any atom is 0.321 e. The van der Waals surface area contributed by atoms with Gasteiger partial charge in [-0.1, -0.05) is 6.07 Å². The van der Waals surface area contributed by atoms with E-state index in [1.807, 2.05) is 47.4 Å². The second-order valence-electron chi connectivity index (χ2n) is 9.62. The van der Waals surface area contributed by atoms with Crippen molar-refractivity contribution in [1.82, 2.24) is 30.4 Å². The molecule has 0 spiro atoms. The highest BCUT2D eigenvalue weighted by Crippen LogP contribution is 2.23. The van der Waals surface area contributed by atoms with Crippen molar-refractivity contribution >= 4 is 34.3 Å². The minimum atomic E-state index is -0.0999. The molecule has 190 valence electrons. The fourth-order valence-electron chi connectivity index (χ4n) is 4.86. The number of carbonyl (C=O) groups is 2. The monoisotopic (exact) mass is 490 g/mol. The second kappa shape index (κ2) is 10.5. The predicted molar refractivity (Wildman–Crippen MR) is 141 cm³/mol. The van der Waals surface area contributed by atoms with E-state index >= 15 is 0 Å². The van der Waals surface area contributed by atoms with Crippen molar-refractivity contribution in [1.29, 1.82) is 0 Å². The van der Waals surface area contributed by atoms with Crippen molar-refractivity contribution in [3.8, 4) is 0 Å². The average molecular weight is 491 g/mol. The lowest BCUT2D eigenvalue weighted by Crippen LogP contribution is -2.61. The van der Waals surface area contributed by atoms with Crippen LogP contribution in [0.5, 0.6) is 0 Å². The van der Waals surface area contributed by atoms with Gasteiger partial charge in [-0.2, -0.15) is 0 Å². The second-order valence-corrected chi connectivity index (χ2v) is 9.62. The number of nitrogens with zero attached hydrogens (tertiary/aromatic N) is 4. The number of nitrogens with one attached hydrogen (secondary N) is 4. The Labute approximate surface area is 211 Å². The normalized spacial score (nSPS) is 18.6. The van der Waals surface area contributed by atoms with Gasteiger partial charge in [0.1, 0.15) is 11.5 Å². The van der Waals surface area contributed by atoms with E-state index in [9.17, 15) is 9.59 Å². The molecule has 3 aromatic rings. The number of urea groups is 1. The molecule has 36 heavy (non-hydrogen) atoms. The Morgan fingerprint density at radius 3 is 2.61 bits per heavy atom. The summed E-state index contributed by atoms with van der Waals surface area (Å²) >= 11 is 0. The van der Waals surface area contributed by atoms with Crippen LogP contribution in [0.3, 0.4) is 0 Å². The number of hydrogen-bond acceptors (Lipinski definition) is 6. The maximum absolute atomic E-state index is 13.5. The Balaban J connectivity index is 1.29. The number of fused-ring (bicyclic) bond motifs is 1. The number of rotatable bonds is 5. The molecule has 10 heteroatoms. The number of amides is 3. The molecule has 2 saturated heterocycles. The molecule has 4 N–H and O–H groups in total. The third-order valence-corrected chi connectivity index (χ3v) is 6.64. The molecule has 1 unspecified atom stereocenters. The van der Waals surface area contributed by atoms with Crippen LogP contribution in [-0.4, -0.2) is 89.7 Å². The number of H-pyrrole nitrogens is 1. The molecule has 0 bridgehead atoms. The van der Waals surface area contributed by atoms with Crippen molar-refractivity contribution in [2.24, 2.45) is 0 Å². The first-order valence-corrected chi connectivity index (χ1v) is 12.6. The zero-order chi connectivity index (χ0) is 25.1. The van der Waals surface area contributed by atoms with Gasteiger partial charge in [0.15, 0.2) is 0 Å². The van der Waals surface area contributed by atoms with Crippen LogP contribution >= 0.6 is 0 Å². The molecule has 10 nitrogen and oxygen atoms in total. The highest BCUT2D eigenvalue weighted by molar-refractivity contribution is 6.00. The molecule has 0 saturated carbocycles. The molecule has 2 aliphatic rings. The Hall–Kier alpha value is -3.63. The van der Waals surface area contributed by atoms with E-state index in [1.165, 1.54) is 0 Å². The van der Waals surface area contributed by atoms with Crippen molar-refractivity contribution in [3.63, 3.8) is 0 Å². The number of benzene rings is 1. The summed E-state index contributed by atoms with van der Waals surface area (Å²) in [5, 5.41) is 10.7. The lowest BCUT2D eigenvalue weighted by Gasteiger charge is -2.43. The number of aromatic amines is 1. The molecule has 2 fully saturated rings. The summed E-state index contributed by atoms with van der Waals surface area (Å²) < 4.78 is 0. The van der Waals surface area contributed by atoms with Crippen LogP contribution in [0.1, 0.15) is 24.3 Å². The fraction of sp³-hybridized carbons (Fsp3) is 0.423. The number of hydrogen-bond donors (Lipinski definition) is 4. The molecular weight excluding hydrogens is 456 g/mol. The summed E-state index contributed by atoms with van der Waals surface area (Å²) in [5.74, 6) is 0.873. The number of anilines is 2. The van der Waals surface area contributed by atoms with Gasteiger partial charge in [0.05, 0.1) is 12.7 Å². The number of carbonyl (C=O) groups excluding carboxylic acids is 2. The maximum atomic E-state index is 13.5. The Kier molecular flexibility index (Phi) is 7.06. The van der Waals surface area contributed by atoms with Crippen LogP contribution in [0.4, 0.5) is 16.3 Å². The van der Waals surface area contributed by atoms with Gasteiger partial charge in [-0.3, -0.25) is 10.1 Å². The first kappa shape index (κ1) is 24.1. The summed E-state index contributed by atoms with van der Waals surface area (Å²) in [5.41, 5.74) is 2.13. The highest BCUT2D eigenvalue weighted by Gasteiger charge is 2.31. The van der Waals surface area contributed by atoms with Crippen LogP contribution in [0.15, 0.2) is 48.7 Å². The number of pyridine rings is 1. The lowest BCUT2D eigenvalue weighted by atomic mass is 10.2. The molecule has 5 rings (SSSR count). The zero-order valence-corrected chi connectivity index (χ0v) is 20.8. The molecule has 2 aromatic heterocycles. The molecule has 4 heterocycles. The third kappa shape index (κ3) is 5.29. The quantitative estimate of drug-likeness (QED) is 0.437. The first-order chi connectivity index (χ1) is 17.5. The molecular formula is C26H34N8O2. The van der Waals surface area contributed by atoms with Crippen LogP contribution < -0.4 is 20.9 Å². The molecule has 0 aliphatic carbocycles. The Bertz CT molecular complexity index is 1210. The topological polar surface area (TPSA) is 109 Å². The van der Waals surface area contributed by atoms with Crippen molar-refractivity contribution < 1.29 is 9.59 Å². The van der Waals surface area contributed by atoms with Crippen LogP contribution in [0, 0.1) is 0 Å². The standard InChI is InChI=1S/C26H34N8O2/c1-18(2)29-24-17-33(13-14-34(24)23-5-3-4-8-28-23)25(35)22-16-19-15-20(6-7-21(19)31-22)30-26(36)32-11-9-27-10-12-32/h3-8,15-16,18,24,27,29,31H,9-14,17H2,1-2H3,(H,30,36). The molecule has 2 aliphatic heterocycles. The third-order valence-electron chi connectivity index (χ3n) is 6.64. The van der Waals surface area contributed by atoms with E-state index in [0.29, 0.717) is 44.1 Å².